The van der Waals surface area contributed by atoms with Crippen molar-refractivity contribution in [2.24, 2.45) is 0 Å². The fourth-order valence-electron chi connectivity index (χ4n) is 2.23. The number of hydrogen-bond acceptors (Lipinski definition) is 5. The van der Waals surface area contributed by atoms with Crippen molar-refractivity contribution >= 4 is 34.2 Å². The summed E-state index contributed by atoms with van der Waals surface area (Å²) in [5, 5.41) is 19.8. The quantitative estimate of drug-likeness (QED) is 0.421. The Bertz CT molecular complexity index is 985. The van der Waals surface area contributed by atoms with E-state index in [4.69, 9.17) is 16.3 Å². The number of rotatable bonds is 4. The van der Waals surface area contributed by atoms with Crippen LogP contribution >= 0.6 is 11.6 Å². The second-order valence-electron chi connectivity index (χ2n) is 5.12. The first-order chi connectivity index (χ1) is 12.1. The number of H-pyrrole nitrogens is 1. The molecule has 0 fully saturated rings. The zero-order chi connectivity index (χ0) is 17.8. The molecule has 7 heteroatoms. The lowest BCUT2D eigenvalue weighted by atomic mass is 10.2. The summed E-state index contributed by atoms with van der Waals surface area (Å²) in [6.45, 7) is -0.453. The molecule has 2 N–H and O–H groups in total. The van der Waals surface area contributed by atoms with Gasteiger partial charge in [0.25, 0.3) is 0 Å². The number of aliphatic hydroxyl groups is 1. The molecule has 2 aromatic carbocycles. The summed E-state index contributed by atoms with van der Waals surface area (Å²) in [4.78, 5) is 19.2. The van der Waals surface area contributed by atoms with Crippen LogP contribution in [0.4, 0.5) is 0 Å². The average Bonchev–Trinajstić information content (AvgIpc) is 3.03. The van der Waals surface area contributed by atoms with Crippen molar-refractivity contribution in [3.63, 3.8) is 0 Å². The van der Waals surface area contributed by atoms with Crippen molar-refractivity contribution in [3.05, 3.63) is 70.7 Å². The van der Waals surface area contributed by atoms with Crippen molar-refractivity contribution < 1.29 is 14.6 Å². The van der Waals surface area contributed by atoms with E-state index in [1.807, 2.05) is 18.2 Å². The van der Waals surface area contributed by atoms with E-state index in [2.05, 4.69) is 9.97 Å². The van der Waals surface area contributed by atoms with Gasteiger partial charge in [-0.1, -0.05) is 29.8 Å². The zero-order valence-corrected chi connectivity index (χ0v) is 13.6. The maximum absolute atomic E-state index is 12.0. The predicted molar refractivity (Wildman–Crippen MR) is 93.0 cm³/mol. The Balaban J connectivity index is 1.80. The molecule has 1 aromatic heterocycles. The number of carbonyl (C=O) groups excluding carboxylic acids is 1. The number of carbonyl (C=O) groups is 1. The van der Waals surface area contributed by atoms with Gasteiger partial charge < -0.3 is 14.8 Å². The Hall–Kier alpha value is -3.30. The van der Waals surface area contributed by atoms with Gasteiger partial charge in [-0.2, -0.15) is 5.26 Å². The molecule has 0 spiro atoms. The molecule has 0 aliphatic carbocycles. The number of halogens is 1. The first kappa shape index (κ1) is 16.6. The highest BCUT2D eigenvalue weighted by Gasteiger charge is 2.15. The summed E-state index contributed by atoms with van der Waals surface area (Å²) < 4.78 is 5.03. The Morgan fingerprint density at radius 2 is 2.08 bits per heavy atom. The maximum atomic E-state index is 12.0. The van der Waals surface area contributed by atoms with Crippen LogP contribution in [0.25, 0.3) is 16.6 Å². The van der Waals surface area contributed by atoms with E-state index in [0.717, 1.165) is 5.52 Å². The Morgan fingerprint density at radius 3 is 2.80 bits per heavy atom. The molecule has 0 atom stereocenters. The maximum Gasteiger partial charge on any atom is 0.338 e. The molecule has 0 radical (unpaired) electrons. The number of aliphatic hydroxyl groups excluding tert-OH is 1. The van der Waals surface area contributed by atoms with E-state index >= 15 is 0 Å². The number of ether oxygens (including phenoxy) is 1. The molecule has 0 aliphatic rings. The third-order valence-corrected chi connectivity index (χ3v) is 3.66. The normalized spacial score (nSPS) is 11.7. The molecule has 0 saturated heterocycles. The van der Waals surface area contributed by atoms with Crippen LogP contribution in [0.2, 0.25) is 5.02 Å². The van der Waals surface area contributed by atoms with Crippen molar-refractivity contribution in [1.29, 1.82) is 5.26 Å². The van der Waals surface area contributed by atoms with Crippen LogP contribution in [-0.2, 0) is 4.74 Å². The van der Waals surface area contributed by atoms with Gasteiger partial charge in [0.1, 0.15) is 18.2 Å². The van der Waals surface area contributed by atoms with E-state index in [1.54, 1.807) is 30.3 Å². The van der Waals surface area contributed by atoms with Crippen molar-refractivity contribution in [1.82, 2.24) is 9.97 Å². The molecule has 0 saturated carbocycles. The van der Waals surface area contributed by atoms with Crippen molar-refractivity contribution in [2.75, 3.05) is 6.61 Å². The van der Waals surface area contributed by atoms with Gasteiger partial charge in [-0.15, -0.1) is 0 Å². The Kier molecular flexibility index (Phi) is 4.68. The summed E-state index contributed by atoms with van der Waals surface area (Å²) in [7, 11) is 0. The number of fused-ring (bicyclic) bond motifs is 1. The van der Waals surface area contributed by atoms with E-state index in [9.17, 15) is 15.2 Å². The van der Waals surface area contributed by atoms with Gasteiger partial charge in [0.05, 0.1) is 16.6 Å². The molecule has 0 aliphatic heterocycles. The van der Waals surface area contributed by atoms with Crippen LogP contribution in [-0.4, -0.2) is 27.7 Å². The topological polar surface area (TPSA) is 99.0 Å². The lowest BCUT2D eigenvalue weighted by Crippen LogP contribution is -2.09. The summed E-state index contributed by atoms with van der Waals surface area (Å²) in [6, 6.07) is 15.3. The summed E-state index contributed by atoms with van der Waals surface area (Å²) in [5.41, 5.74) is 1.56. The van der Waals surface area contributed by atoms with Gasteiger partial charge in [0.15, 0.2) is 11.6 Å². The molecular weight excluding hydrogens is 342 g/mol. The number of benzene rings is 2. The van der Waals surface area contributed by atoms with Gasteiger partial charge in [-0.25, -0.2) is 9.78 Å². The highest BCUT2D eigenvalue weighted by molar-refractivity contribution is 6.30. The highest BCUT2D eigenvalue weighted by atomic mass is 35.5. The molecule has 25 heavy (non-hydrogen) atoms. The van der Waals surface area contributed by atoms with E-state index < -0.39 is 18.3 Å². The third-order valence-electron chi connectivity index (χ3n) is 3.43. The number of esters is 1. The Labute approximate surface area is 147 Å². The highest BCUT2D eigenvalue weighted by Crippen LogP contribution is 2.19. The van der Waals surface area contributed by atoms with Gasteiger partial charge in [0.2, 0.25) is 0 Å². The number of nitriles is 1. The zero-order valence-electron chi connectivity index (χ0n) is 12.9. The van der Waals surface area contributed by atoms with Crippen LogP contribution in [0.3, 0.4) is 0 Å². The second-order valence-corrected chi connectivity index (χ2v) is 5.56. The van der Waals surface area contributed by atoms with E-state index in [1.165, 1.54) is 6.07 Å². The number of para-hydroxylation sites is 2. The third kappa shape index (κ3) is 3.62. The van der Waals surface area contributed by atoms with Gasteiger partial charge in [0, 0.05) is 5.02 Å². The van der Waals surface area contributed by atoms with Crippen LogP contribution in [0, 0.1) is 11.3 Å². The fraction of sp³-hybridized carbons (Fsp3) is 0.0556. The molecular formula is C18H12ClN3O3. The SMILES string of the molecule is N#CC(=C(O)COC(=O)c1cccc(Cl)c1)c1nc2ccccc2[nH]1. The number of imidazole rings is 1. The summed E-state index contributed by atoms with van der Waals surface area (Å²) in [6.07, 6.45) is 0. The molecule has 0 unspecified atom stereocenters. The lowest BCUT2D eigenvalue weighted by molar-refractivity contribution is 0.0503. The van der Waals surface area contributed by atoms with Gasteiger partial charge in [-0.3, -0.25) is 0 Å². The minimum Gasteiger partial charge on any atom is -0.507 e. The van der Waals surface area contributed by atoms with Crippen LogP contribution < -0.4 is 0 Å². The number of allylic oxidation sites excluding steroid dienone is 1. The minimum atomic E-state index is -0.657. The number of aromatic amines is 1. The predicted octanol–water partition coefficient (Wildman–Crippen LogP) is 3.87. The molecule has 0 amide bonds. The lowest BCUT2D eigenvalue weighted by Gasteiger charge is -2.05. The van der Waals surface area contributed by atoms with E-state index in [0.29, 0.717) is 10.5 Å². The van der Waals surface area contributed by atoms with Gasteiger partial charge >= 0.3 is 5.97 Å². The first-order valence-electron chi connectivity index (χ1n) is 7.28. The number of nitrogens with zero attached hydrogens (tertiary/aromatic N) is 2. The van der Waals surface area contributed by atoms with E-state index in [-0.39, 0.29) is 17.0 Å². The first-order valence-corrected chi connectivity index (χ1v) is 7.66. The number of hydrogen-bond donors (Lipinski definition) is 2. The monoisotopic (exact) mass is 353 g/mol. The standard InChI is InChI=1S/C18H12ClN3O3/c19-12-5-3-4-11(8-12)18(24)25-10-16(23)13(9-20)17-21-14-6-1-2-7-15(14)22-17/h1-8,23H,10H2,(H,21,22). The molecule has 3 rings (SSSR count). The molecule has 124 valence electrons. The number of aromatic nitrogens is 2. The molecule has 0 bridgehead atoms. The summed E-state index contributed by atoms with van der Waals surface area (Å²) in [5.74, 6) is -0.840. The smallest absolute Gasteiger partial charge is 0.338 e. The molecule has 3 aromatic rings. The largest absolute Gasteiger partial charge is 0.507 e. The van der Waals surface area contributed by atoms with Crippen LogP contribution in [0.5, 0.6) is 0 Å². The second kappa shape index (κ2) is 7.07. The molecule has 6 nitrogen and oxygen atoms in total. The van der Waals surface area contributed by atoms with Crippen molar-refractivity contribution in [2.45, 2.75) is 0 Å². The van der Waals surface area contributed by atoms with Crippen molar-refractivity contribution in [3.8, 4) is 6.07 Å². The average molecular weight is 354 g/mol. The van der Waals surface area contributed by atoms with Crippen LogP contribution in [0.15, 0.2) is 54.3 Å². The number of nitrogens with one attached hydrogen (secondary N) is 1. The minimum absolute atomic E-state index is 0.0879. The van der Waals surface area contributed by atoms with Crippen LogP contribution in [0.1, 0.15) is 16.2 Å². The van der Waals surface area contributed by atoms with Gasteiger partial charge in [-0.05, 0) is 30.3 Å². The summed E-state index contributed by atoms with van der Waals surface area (Å²) >= 11 is 5.82. The molecule has 1 heterocycles. The Morgan fingerprint density at radius 1 is 1.28 bits per heavy atom. The fourth-order valence-corrected chi connectivity index (χ4v) is 2.42.